The van der Waals surface area contributed by atoms with Crippen LogP contribution in [0.3, 0.4) is 0 Å². The van der Waals surface area contributed by atoms with Crippen molar-refractivity contribution in [3.05, 3.63) is 40.8 Å². The highest BCUT2D eigenvalue weighted by Gasteiger charge is 2.04. The molecule has 2 N–H and O–H groups in total. The van der Waals surface area contributed by atoms with E-state index in [1.165, 1.54) is 0 Å². The maximum Gasteiger partial charge on any atom is 0.167 e. The van der Waals surface area contributed by atoms with Gasteiger partial charge in [0, 0.05) is 25.1 Å². The Morgan fingerprint density at radius 3 is 2.93 bits per heavy atom. The van der Waals surface area contributed by atoms with Gasteiger partial charge in [-0.2, -0.15) is 5.10 Å². The van der Waals surface area contributed by atoms with E-state index in [2.05, 4.69) is 26.0 Å². The third-order valence-electron chi connectivity index (χ3n) is 1.84. The number of pyridine rings is 1. The van der Waals surface area contributed by atoms with Gasteiger partial charge in [-0.25, -0.2) is 9.67 Å². The average molecular weight is 253 g/mol. The molecule has 0 unspecified atom stereocenters. The van der Waals surface area contributed by atoms with E-state index in [0.29, 0.717) is 6.54 Å². The maximum atomic E-state index is 5.50. The summed E-state index contributed by atoms with van der Waals surface area (Å²) in [5.41, 5.74) is 6.50. The molecule has 14 heavy (non-hydrogen) atoms. The Morgan fingerprint density at radius 1 is 1.50 bits per heavy atom. The Labute approximate surface area is 89.9 Å². The molecule has 2 rings (SSSR count). The smallest absolute Gasteiger partial charge is 0.167 e. The van der Waals surface area contributed by atoms with E-state index in [1.807, 2.05) is 18.3 Å². The Morgan fingerprint density at radius 2 is 2.36 bits per heavy atom. The van der Waals surface area contributed by atoms with Gasteiger partial charge in [-0.05, 0) is 33.6 Å². The molecule has 0 fully saturated rings. The zero-order valence-corrected chi connectivity index (χ0v) is 8.98. The number of nitrogens with two attached hydrogens (primary N) is 1. The molecule has 0 bridgehead atoms. The van der Waals surface area contributed by atoms with Gasteiger partial charge in [0.2, 0.25) is 0 Å². The first kappa shape index (κ1) is 9.36. The van der Waals surface area contributed by atoms with Crippen molar-refractivity contribution in [2.75, 3.05) is 0 Å². The minimum Gasteiger partial charge on any atom is -0.326 e. The molecule has 0 radical (unpaired) electrons. The van der Waals surface area contributed by atoms with Crippen LogP contribution in [-0.2, 0) is 6.54 Å². The number of rotatable bonds is 2. The molecular weight excluding hydrogens is 244 g/mol. The number of aromatic nitrogens is 3. The number of halogens is 1. The van der Waals surface area contributed by atoms with Gasteiger partial charge in [0.05, 0.1) is 4.47 Å². The molecule has 0 aliphatic heterocycles. The Hall–Kier alpha value is -1.20. The third-order valence-corrected chi connectivity index (χ3v) is 2.42. The van der Waals surface area contributed by atoms with Crippen molar-refractivity contribution in [1.29, 1.82) is 0 Å². The van der Waals surface area contributed by atoms with Crippen molar-refractivity contribution >= 4 is 15.9 Å². The van der Waals surface area contributed by atoms with Crippen molar-refractivity contribution in [3.8, 4) is 5.82 Å². The predicted molar refractivity (Wildman–Crippen MR) is 57.0 cm³/mol. The fraction of sp³-hybridized carbons (Fsp3) is 0.111. The SMILES string of the molecule is NCc1cnc(-n2cccn2)c(Br)c1. The largest absolute Gasteiger partial charge is 0.326 e. The van der Waals surface area contributed by atoms with E-state index < -0.39 is 0 Å². The van der Waals surface area contributed by atoms with Crippen LogP contribution in [0.1, 0.15) is 5.56 Å². The minimum absolute atomic E-state index is 0.491. The van der Waals surface area contributed by atoms with Crippen LogP contribution in [0.15, 0.2) is 35.2 Å². The van der Waals surface area contributed by atoms with E-state index in [1.54, 1.807) is 17.1 Å². The van der Waals surface area contributed by atoms with Gasteiger partial charge in [-0.1, -0.05) is 0 Å². The first-order valence-corrected chi connectivity index (χ1v) is 4.95. The fourth-order valence-corrected chi connectivity index (χ4v) is 1.72. The van der Waals surface area contributed by atoms with Crippen LogP contribution in [0.4, 0.5) is 0 Å². The molecule has 0 saturated heterocycles. The van der Waals surface area contributed by atoms with Crippen LogP contribution < -0.4 is 5.73 Å². The molecule has 4 nitrogen and oxygen atoms in total. The molecule has 0 aliphatic carbocycles. The first-order valence-electron chi connectivity index (χ1n) is 4.16. The zero-order chi connectivity index (χ0) is 9.97. The molecule has 72 valence electrons. The van der Waals surface area contributed by atoms with Gasteiger partial charge in [0.15, 0.2) is 5.82 Å². The molecule has 2 heterocycles. The Kier molecular flexibility index (Phi) is 2.60. The summed E-state index contributed by atoms with van der Waals surface area (Å²) in [5, 5.41) is 4.10. The van der Waals surface area contributed by atoms with Crippen LogP contribution in [0.25, 0.3) is 5.82 Å². The van der Waals surface area contributed by atoms with Crippen molar-refractivity contribution in [1.82, 2.24) is 14.8 Å². The second-order valence-corrected chi connectivity index (χ2v) is 3.66. The molecule has 0 amide bonds. The zero-order valence-electron chi connectivity index (χ0n) is 7.39. The van der Waals surface area contributed by atoms with Crippen LogP contribution in [0.2, 0.25) is 0 Å². The molecule has 2 aromatic heterocycles. The van der Waals surface area contributed by atoms with E-state index in [4.69, 9.17) is 5.73 Å². The van der Waals surface area contributed by atoms with Gasteiger partial charge in [-0.15, -0.1) is 0 Å². The second-order valence-electron chi connectivity index (χ2n) is 2.80. The monoisotopic (exact) mass is 252 g/mol. The highest BCUT2D eigenvalue weighted by Crippen LogP contribution is 2.18. The average Bonchev–Trinajstić information content (AvgIpc) is 2.70. The van der Waals surface area contributed by atoms with Crippen LogP contribution in [0, 0.1) is 0 Å². The molecule has 0 spiro atoms. The summed E-state index contributed by atoms with van der Waals surface area (Å²) in [6.45, 7) is 0.491. The summed E-state index contributed by atoms with van der Waals surface area (Å²) in [4.78, 5) is 4.27. The quantitative estimate of drug-likeness (QED) is 0.882. The van der Waals surface area contributed by atoms with Crippen LogP contribution in [-0.4, -0.2) is 14.8 Å². The summed E-state index contributed by atoms with van der Waals surface area (Å²) < 4.78 is 2.59. The van der Waals surface area contributed by atoms with Crippen molar-refractivity contribution in [3.63, 3.8) is 0 Å². The van der Waals surface area contributed by atoms with E-state index in [-0.39, 0.29) is 0 Å². The topological polar surface area (TPSA) is 56.7 Å². The van der Waals surface area contributed by atoms with Crippen LogP contribution in [0.5, 0.6) is 0 Å². The van der Waals surface area contributed by atoms with Crippen molar-refractivity contribution in [2.24, 2.45) is 5.73 Å². The van der Waals surface area contributed by atoms with Gasteiger partial charge in [0.1, 0.15) is 0 Å². The highest BCUT2D eigenvalue weighted by atomic mass is 79.9. The van der Waals surface area contributed by atoms with E-state index in [9.17, 15) is 0 Å². The lowest BCUT2D eigenvalue weighted by Gasteiger charge is -2.04. The van der Waals surface area contributed by atoms with Crippen molar-refractivity contribution < 1.29 is 0 Å². The van der Waals surface area contributed by atoms with Gasteiger partial charge < -0.3 is 5.73 Å². The van der Waals surface area contributed by atoms with Gasteiger partial charge >= 0.3 is 0 Å². The highest BCUT2D eigenvalue weighted by molar-refractivity contribution is 9.10. The van der Waals surface area contributed by atoms with Gasteiger partial charge in [-0.3, -0.25) is 0 Å². The summed E-state index contributed by atoms with van der Waals surface area (Å²) in [5.74, 6) is 0.771. The number of hydrogen-bond donors (Lipinski definition) is 1. The molecule has 0 atom stereocenters. The summed E-state index contributed by atoms with van der Waals surface area (Å²) in [6.07, 6.45) is 5.31. The lowest BCUT2D eigenvalue weighted by molar-refractivity contribution is 0.837. The number of nitrogens with zero attached hydrogens (tertiary/aromatic N) is 3. The number of hydrogen-bond acceptors (Lipinski definition) is 3. The standard InChI is InChI=1S/C9H9BrN4/c10-8-4-7(5-11)6-12-9(8)14-3-1-2-13-14/h1-4,6H,5,11H2. The molecule has 0 aromatic carbocycles. The molecule has 2 aromatic rings. The third kappa shape index (κ3) is 1.69. The van der Waals surface area contributed by atoms with Crippen molar-refractivity contribution in [2.45, 2.75) is 6.54 Å². The van der Waals surface area contributed by atoms with E-state index in [0.717, 1.165) is 15.9 Å². The first-order chi connectivity index (χ1) is 6.81. The lowest BCUT2D eigenvalue weighted by atomic mass is 10.3. The summed E-state index contributed by atoms with van der Waals surface area (Å²) >= 11 is 3.43. The lowest BCUT2D eigenvalue weighted by Crippen LogP contribution is -2.02. The Bertz CT molecular complexity index is 424. The second kappa shape index (κ2) is 3.89. The predicted octanol–water partition coefficient (Wildman–Crippen LogP) is 1.49. The summed E-state index contributed by atoms with van der Waals surface area (Å²) in [6, 6.07) is 3.80. The Balaban J connectivity index is 2.46. The van der Waals surface area contributed by atoms with E-state index >= 15 is 0 Å². The molecule has 0 aliphatic rings. The molecular formula is C9H9BrN4. The minimum atomic E-state index is 0.491. The van der Waals surface area contributed by atoms with Crippen LogP contribution >= 0.6 is 15.9 Å². The molecule has 0 saturated carbocycles. The summed E-state index contributed by atoms with van der Waals surface area (Å²) in [7, 11) is 0. The van der Waals surface area contributed by atoms with Gasteiger partial charge in [0.25, 0.3) is 0 Å². The maximum absolute atomic E-state index is 5.50. The molecule has 5 heteroatoms. The fourth-order valence-electron chi connectivity index (χ4n) is 1.14. The normalized spacial score (nSPS) is 10.4.